The maximum absolute atomic E-state index is 13.4. The molecule has 0 spiro atoms. The molecule has 180 valence electrons. The van der Waals surface area contributed by atoms with Gasteiger partial charge in [0.1, 0.15) is 5.75 Å². The second-order valence-electron chi connectivity index (χ2n) is 8.74. The van der Waals surface area contributed by atoms with E-state index in [0.717, 1.165) is 11.1 Å². The van der Waals surface area contributed by atoms with Gasteiger partial charge < -0.3 is 10.1 Å². The molecule has 0 saturated carbocycles. The number of pyridine rings is 1. The Morgan fingerprint density at radius 3 is 2.54 bits per heavy atom. The van der Waals surface area contributed by atoms with Gasteiger partial charge in [0, 0.05) is 12.1 Å². The zero-order valence-corrected chi connectivity index (χ0v) is 20.4. The third-order valence-corrected chi connectivity index (χ3v) is 8.07. The molecule has 1 saturated heterocycles. The van der Waals surface area contributed by atoms with Gasteiger partial charge in [-0.1, -0.05) is 30.3 Å². The van der Waals surface area contributed by atoms with Crippen LogP contribution in [0.3, 0.4) is 0 Å². The molecule has 35 heavy (non-hydrogen) atoms. The molecule has 0 aliphatic carbocycles. The molecule has 2 aromatic heterocycles. The van der Waals surface area contributed by atoms with E-state index in [4.69, 9.17) is 9.72 Å². The molecule has 9 heteroatoms. The number of methoxy groups -OCH3 is 1. The van der Waals surface area contributed by atoms with Crippen LogP contribution in [0.1, 0.15) is 34.1 Å². The van der Waals surface area contributed by atoms with Crippen LogP contribution >= 0.6 is 0 Å². The molecule has 0 unspecified atom stereocenters. The quantitative estimate of drug-likeness (QED) is 0.442. The van der Waals surface area contributed by atoms with Gasteiger partial charge in [0.2, 0.25) is 0 Å². The number of hydrogen-bond acceptors (Lipinski definition) is 6. The molecule has 1 aliphatic rings. The van der Waals surface area contributed by atoms with Crippen molar-refractivity contribution in [2.45, 2.75) is 25.9 Å². The Morgan fingerprint density at radius 2 is 1.89 bits per heavy atom. The van der Waals surface area contributed by atoms with E-state index >= 15 is 0 Å². The minimum atomic E-state index is -3.12. The Balaban J connectivity index is 1.61. The van der Waals surface area contributed by atoms with Gasteiger partial charge in [-0.25, -0.2) is 18.1 Å². The Hall–Kier alpha value is -3.72. The maximum Gasteiger partial charge on any atom is 0.252 e. The maximum atomic E-state index is 13.4. The lowest BCUT2D eigenvalue weighted by Gasteiger charge is -2.13. The van der Waals surface area contributed by atoms with Crippen LogP contribution in [0.25, 0.3) is 22.3 Å². The molecule has 1 aliphatic heterocycles. The Bertz CT molecular complexity index is 1500. The fraction of sp³-hybridized carbons (Fsp3) is 0.269. The minimum Gasteiger partial charge on any atom is -0.497 e. The lowest BCUT2D eigenvalue weighted by Crippen LogP contribution is -2.23. The second-order valence-corrected chi connectivity index (χ2v) is 11.0. The Morgan fingerprint density at radius 1 is 1.14 bits per heavy atom. The van der Waals surface area contributed by atoms with Gasteiger partial charge in [-0.2, -0.15) is 5.10 Å². The first-order valence-electron chi connectivity index (χ1n) is 11.4. The Labute approximate surface area is 203 Å². The molecule has 5 rings (SSSR count). The summed E-state index contributed by atoms with van der Waals surface area (Å²) in [5.74, 6) is 0.624. The molecule has 1 fully saturated rings. The molecule has 8 nitrogen and oxygen atoms in total. The third-order valence-electron chi connectivity index (χ3n) is 6.32. The average molecular weight is 491 g/mol. The number of carbonyl (C=O) groups is 1. The molecule has 4 aromatic rings. The smallest absolute Gasteiger partial charge is 0.252 e. The number of aromatic nitrogens is 3. The van der Waals surface area contributed by atoms with Crippen molar-refractivity contribution in [1.29, 1.82) is 0 Å². The molecule has 1 amide bonds. The highest BCUT2D eigenvalue weighted by Gasteiger charge is 2.32. The topological polar surface area (TPSA) is 103 Å². The lowest BCUT2D eigenvalue weighted by molar-refractivity contribution is 0.0952. The first-order valence-corrected chi connectivity index (χ1v) is 13.2. The summed E-state index contributed by atoms with van der Waals surface area (Å²) in [6.07, 6.45) is 0.475. The summed E-state index contributed by atoms with van der Waals surface area (Å²) in [5, 5.41) is 8.29. The van der Waals surface area contributed by atoms with E-state index in [0.29, 0.717) is 46.7 Å². The van der Waals surface area contributed by atoms with Crippen molar-refractivity contribution >= 4 is 26.8 Å². The number of fused-ring (bicyclic) bond motifs is 1. The van der Waals surface area contributed by atoms with Crippen LogP contribution in [0.5, 0.6) is 5.75 Å². The average Bonchev–Trinajstić information content (AvgIpc) is 3.41. The minimum absolute atomic E-state index is 0.0210. The van der Waals surface area contributed by atoms with Crippen molar-refractivity contribution in [3.05, 3.63) is 77.5 Å². The standard InChI is InChI=1S/C26H26N4O4S/c1-17-24-22(26(31)27-15-18-6-4-3-5-7-18)14-23(19-8-10-21(34-2)11-9-19)28-25(24)30(29-17)20-12-13-35(32,33)16-20/h3-11,14,20H,12-13,15-16H2,1-2H3,(H,27,31)/t20-/m0/s1. The predicted octanol–water partition coefficient (Wildman–Crippen LogP) is 3.70. The van der Waals surface area contributed by atoms with E-state index in [1.807, 2.05) is 61.5 Å². The van der Waals surface area contributed by atoms with Crippen molar-refractivity contribution in [3.8, 4) is 17.0 Å². The van der Waals surface area contributed by atoms with Crippen molar-refractivity contribution in [1.82, 2.24) is 20.1 Å². The van der Waals surface area contributed by atoms with Gasteiger partial charge in [-0.15, -0.1) is 0 Å². The number of ether oxygens (including phenoxy) is 1. The van der Waals surface area contributed by atoms with E-state index in [9.17, 15) is 13.2 Å². The number of sulfone groups is 1. The highest BCUT2D eigenvalue weighted by atomic mass is 32.2. The second kappa shape index (κ2) is 9.14. The normalized spacial score (nSPS) is 16.9. The molecule has 1 N–H and O–H groups in total. The van der Waals surface area contributed by atoms with E-state index in [1.54, 1.807) is 17.9 Å². The molecule has 3 heterocycles. The van der Waals surface area contributed by atoms with Gasteiger partial charge in [-0.3, -0.25) is 4.79 Å². The van der Waals surface area contributed by atoms with Crippen LogP contribution in [-0.2, 0) is 16.4 Å². The molecular weight excluding hydrogens is 464 g/mol. The summed E-state index contributed by atoms with van der Waals surface area (Å²) in [6.45, 7) is 2.21. The van der Waals surface area contributed by atoms with E-state index in [-0.39, 0.29) is 23.5 Å². The largest absolute Gasteiger partial charge is 0.497 e. The highest BCUT2D eigenvalue weighted by molar-refractivity contribution is 7.91. The molecule has 2 aromatic carbocycles. The number of nitrogens with zero attached hydrogens (tertiary/aromatic N) is 3. The van der Waals surface area contributed by atoms with E-state index < -0.39 is 9.84 Å². The Kier molecular flexibility index (Phi) is 6.02. The summed E-state index contributed by atoms with van der Waals surface area (Å²) in [4.78, 5) is 18.3. The first-order chi connectivity index (χ1) is 16.8. The van der Waals surface area contributed by atoms with E-state index in [1.165, 1.54) is 0 Å². The SMILES string of the molecule is COc1ccc(-c2cc(C(=O)NCc3ccccc3)c3c(C)nn([C@H]4CCS(=O)(=O)C4)c3n2)cc1. The monoisotopic (exact) mass is 490 g/mol. The summed E-state index contributed by atoms with van der Waals surface area (Å²) >= 11 is 0. The van der Waals surface area contributed by atoms with Crippen LogP contribution in [0, 0.1) is 6.92 Å². The summed E-state index contributed by atoms with van der Waals surface area (Å²) in [5.41, 5.74) is 4.03. The van der Waals surface area contributed by atoms with Gasteiger partial charge in [-0.05, 0) is 49.2 Å². The molecule has 0 radical (unpaired) electrons. The predicted molar refractivity (Wildman–Crippen MR) is 134 cm³/mol. The van der Waals surface area contributed by atoms with Gasteiger partial charge in [0.25, 0.3) is 5.91 Å². The van der Waals surface area contributed by atoms with Crippen molar-refractivity contribution < 1.29 is 17.9 Å². The summed E-state index contributed by atoms with van der Waals surface area (Å²) < 4.78 is 31.3. The zero-order chi connectivity index (χ0) is 24.6. The summed E-state index contributed by atoms with van der Waals surface area (Å²) in [7, 11) is -1.52. The number of benzene rings is 2. The fourth-order valence-electron chi connectivity index (χ4n) is 4.50. The number of aryl methyl sites for hydroxylation is 1. The zero-order valence-electron chi connectivity index (χ0n) is 19.6. The van der Waals surface area contributed by atoms with Gasteiger partial charge in [0.15, 0.2) is 15.5 Å². The van der Waals surface area contributed by atoms with Crippen molar-refractivity contribution in [2.75, 3.05) is 18.6 Å². The summed E-state index contributed by atoms with van der Waals surface area (Å²) in [6, 6.07) is 18.6. The first kappa shape index (κ1) is 23.0. The number of carbonyl (C=O) groups excluding carboxylic acids is 1. The number of rotatable bonds is 6. The van der Waals surface area contributed by atoms with Gasteiger partial charge in [0.05, 0.1) is 47.0 Å². The van der Waals surface area contributed by atoms with Crippen LogP contribution < -0.4 is 10.1 Å². The molecule has 0 bridgehead atoms. The van der Waals surface area contributed by atoms with Crippen LogP contribution in [0.4, 0.5) is 0 Å². The lowest BCUT2D eigenvalue weighted by atomic mass is 10.0. The van der Waals surface area contributed by atoms with Crippen molar-refractivity contribution in [3.63, 3.8) is 0 Å². The number of nitrogens with one attached hydrogen (secondary N) is 1. The van der Waals surface area contributed by atoms with Gasteiger partial charge >= 0.3 is 0 Å². The van der Waals surface area contributed by atoms with Crippen LogP contribution in [0.2, 0.25) is 0 Å². The number of hydrogen-bond donors (Lipinski definition) is 1. The van der Waals surface area contributed by atoms with Crippen LogP contribution in [0.15, 0.2) is 60.7 Å². The third kappa shape index (κ3) is 4.64. The van der Waals surface area contributed by atoms with Crippen LogP contribution in [-0.4, -0.2) is 47.7 Å². The fourth-order valence-corrected chi connectivity index (χ4v) is 6.19. The highest BCUT2D eigenvalue weighted by Crippen LogP contribution is 2.32. The molecular formula is C26H26N4O4S. The number of amides is 1. The molecule has 1 atom stereocenters. The van der Waals surface area contributed by atoms with E-state index in [2.05, 4.69) is 10.4 Å². The van der Waals surface area contributed by atoms with Crippen molar-refractivity contribution in [2.24, 2.45) is 0 Å².